The van der Waals surface area contributed by atoms with Gasteiger partial charge in [0.25, 0.3) is 0 Å². The molecule has 0 bridgehead atoms. The highest BCUT2D eigenvalue weighted by Crippen LogP contribution is 2.04. The van der Waals surface area contributed by atoms with Gasteiger partial charge in [-0.15, -0.1) is 0 Å². The average Bonchev–Trinajstić information content (AvgIpc) is 2.02. The number of nitrogens with one attached hydrogen (secondary N) is 2. The largest absolute Gasteiger partial charge is 0.356 e. The van der Waals surface area contributed by atoms with Gasteiger partial charge < -0.3 is 10.6 Å². The first-order valence-corrected chi connectivity index (χ1v) is 6.56. The van der Waals surface area contributed by atoms with Gasteiger partial charge in [0.2, 0.25) is 5.91 Å². The molecule has 1 rings (SSSR count). The van der Waals surface area contributed by atoms with Crippen molar-refractivity contribution in [1.82, 2.24) is 10.6 Å². The third kappa shape index (κ3) is 3.63. The lowest BCUT2D eigenvalue weighted by Gasteiger charge is -2.22. The number of hydrogen-bond acceptors (Lipinski definition) is 4. The molecule has 1 atom stereocenters. The van der Waals surface area contributed by atoms with Crippen LogP contribution >= 0.6 is 0 Å². The Labute approximate surface area is 84.2 Å². The summed E-state index contributed by atoms with van der Waals surface area (Å²) < 4.78 is 22.5. The zero-order valence-electron chi connectivity index (χ0n) is 8.25. The molecule has 1 heterocycles. The van der Waals surface area contributed by atoms with Gasteiger partial charge in [-0.05, 0) is 6.92 Å². The highest BCUT2D eigenvalue weighted by molar-refractivity contribution is 7.91. The van der Waals surface area contributed by atoms with Crippen LogP contribution in [0.5, 0.6) is 0 Å². The molecule has 5 nitrogen and oxygen atoms in total. The van der Waals surface area contributed by atoms with Gasteiger partial charge in [-0.1, -0.05) is 0 Å². The first-order chi connectivity index (χ1) is 6.53. The van der Waals surface area contributed by atoms with Gasteiger partial charge in [0.1, 0.15) is 0 Å². The van der Waals surface area contributed by atoms with E-state index >= 15 is 0 Å². The van der Waals surface area contributed by atoms with E-state index < -0.39 is 9.84 Å². The molecule has 0 radical (unpaired) electrons. The van der Waals surface area contributed by atoms with Crippen molar-refractivity contribution < 1.29 is 13.2 Å². The van der Waals surface area contributed by atoms with Crippen LogP contribution < -0.4 is 10.6 Å². The van der Waals surface area contributed by atoms with Gasteiger partial charge >= 0.3 is 0 Å². The van der Waals surface area contributed by atoms with Crippen molar-refractivity contribution in [3.63, 3.8) is 0 Å². The summed E-state index contributed by atoms with van der Waals surface area (Å²) in [7, 11) is -2.93. The zero-order valence-corrected chi connectivity index (χ0v) is 9.06. The molecule has 82 valence electrons. The van der Waals surface area contributed by atoms with Crippen molar-refractivity contribution in [2.24, 2.45) is 0 Å². The fraction of sp³-hybridized carbons (Fsp3) is 0.875. The predicted molar refractivity (Wildman–Crippen MR) is 53.7 cm³/mol. The van der Waals surface area contributed by atoms with Gasteiger partial charge in [0.15, 0.2) is 9.84 Å². The third-order valence-corrected chi connectivity index (χ3v) is 3.84. The van der Waals surface area contributed by atoms with Crippen molar-refractivity contribution in [1.29, 1.82) is 0 Å². The third-order valence-electron chi connectivity index (χ3n) is 2.11. The molecule has 0 spiro atoms. The topological polar surface area (TPSA) is 75.3 Å². The summed E-state index contributed by atoms with van der Waals surface area (Å²) >= 11 is 0. The maximum atomic E-state index is 11.2. The molecule has 0 aromatic heterocycles. The number of carbonyl (C=O) groups is 1. The molecule has 6 heteroatoms. The molecule has 1 amide bonds. The van der Waals surface area contributed by atoms with Crippen LogP contribution in [-0.4, -0.2) is 45.0 Å². The lowest BCUT2D eigenvalue weighted by atomic mass is 10.2. The molecule has 0 aliphatic carbocycles. The smallest absolute Gasteiger partial charge is 0.221 e. The Kier molecular flexibility index (Phi) is 3.88. The van der Waals surface area contributed by atoms with E-state index in [1.807, 2.05) is 6.92 Å². The standard InChI is InChI=1S/C8H16N2O3S/c1-2-9-8(11)5-7-6-14(12,13)4-3-10-7/h7,10H,2-6H2,1H3,(H,9,11). The number of hydrogen-bond donors (Lipinski definition) is 2. The summed E-state index contributed by atoms with van der Waals surface area (Å²) in [4.78, 5) is 11.2. The van der Waals surface area contributed by atoms with Crippen molar-refractivity contribution in [3.8, 4) is 0 Å². The van der Waals surface area contributed by atoms with E-state index in [-0.39, 0.29) is 29.9 Å². The molecule has 1 aliphatic rings. The molecular formula is C8H16N2O3S. The van der Waals surface area contributed by atoms with E-state index in [0.717, 1.165) is 0 Å². The van der Waals surface area contributed by atoms with E-state index in [1.54, 1.807) is 0 Å². The second kappa shape index (κ2) is 4.75. The molecule has 1 unspecified atom stereocenters. The van der Waals surface area contributed by atoms with E-state index in [4.69, 9.17) is 0 Å². The summed E-state index contributed by atoms with van der Waals surface area (Å²) in [5.74, 6) is 0.158. The maximum Gasteiger partial charge on any atom is 0.221 e. The molecule has 1 aliphatic heterocycles. The number of amides is 1. The van der Waals surface area contributed by atoms with E-state index in [9.17, 15) is 13.2 Å². The minimum Gasteiger partial charge on any atom is -0.356 e. The monoisotopic (exact) mass is 220 g/mol. The minimum atomic E-state index is -2.93. The lowest BCUT2D eigenvalue weighted by molar-refractivity contribution is -0.121. The molecule has 0 aromatic carbocycles. The van der Waals surface area contributed by atoms with Crippen LogP contribution in [0.25, 0.3) is 0 Å². The Bertz CT molecular complexity index is 300. The minimum absolute atomic E-state index is 0.0735. The first kappa shape index (κ1) is 11.5. The number of carbonyl (C=O) groups excluding carboxylic acids is 1. The van der Waals surface area contributed by atoms with Gasteiger partial charge in [-0.2, -0.15) is 0 Å². The fourth-order valence-corrected chi connectivity index (χ4v) is 2.94. The predicted octanol–water partition coefficient (Wildman–Crippen LogP) is -1.10. The van der Waals surface area contributed by atoms with Crippen molar-refractivity contribution in [3.05, 3.63) is 0 Å². The van der Waals surface area contributed by atoms with Crippen LogP contribution in [-0.2, 0) is 14.6 Å². The van der Waals surface area contributed by atoms with E-state index in [2.05, 4.69) is 10.6 Å². The summed E-state index contributed by atoms with van der Waals surface area (Å²) in [5.41, 5.74) is 0. The zero-order chi connectivity index (χ0) is 10.6. The second-order valence-electron chi connectivity index (χ2n) is 3.42. The SMILES string of the molecule is CCNC(=O)CC1CS(=O)(=O)CCN1. The summed E-state index contributed by atoms with van der Waals surface area (Å²) in [5, 5.41) is 5.67. The van der Waals surface area contributed by atoms with Crippen LogP contribution in [0, 0.1) is 0 Å². The van der Waals surface area contributed by atoms with E-state index in [1.165, 1.54) is 0 Å². The summed E-state index contributed by atoms with van der Waals surface area (Å²) in [6.45, 7) is 2.87. The molecular weight excluding hydrogens is 204 g/mol. The van der Waals surface area contributed by atoms with Crippen molar-refractivity contribution >= 4 is 15.7 Å². The van der Waals surface area contributed by atoms with Crippen LogP contribution in [0.3, 0.4) is 0 Å². The Hall–Kier alpha value is -0.620. The van der Waals surface area contributed by atoms with Crippen molar-refractivity contribution in [2.75, 3.05) is 24.6 Å². The highest BCUT2D eigenvalue weighted by Gasteiger charge is 2.25. The van der Waals surface area contributed by atoms with Gasteiger partial charge in [-0.3, -0.25) is 4.79 Å². The Morgan fingerprint density at radius 3 is 2.86 bits per heavy atom. The van der Waals surface area contributed by atoms with Gasteiger partial charge in [0.05, 0.1) is 11.5 Å². The van der Waals surface area contributed by atoms with Gasteiger partial charge in [-0.25, -0.2) is 8.42 Å². The molecule has 1 fully saturated rings. The summed E-state index contributed by atoms with van der Waals surface area (Å²) in [6.07, 6.45) is 0.243. The molecule has 14 heavy (non-hydrogen) atoms. The average molecular weight is 220 g/mol. The normalized spacial score (nSPS) is 25.6. The summed E-state index contributed by atoms with van der Waals surface area (Å²) in [6, 6.07) is -0.222. The first-order valence-electron chi connectivity index (χ1n) is 4.74. The van der Waals surface area contributed by atoms with Crippen molar-refractivity contribution in [2.45, 2.75) is 19.4 Å². The molecule has 2 N–H and O–H groups in total. The number of sulfone groups is 1. The maximum absolute atomic E-state index is 11.2. The van der Waals surface area contributed by atoms with E-state index in [0.29, 0.717) is 13.1 Å². The highest BCUT2D eigenvalue weighted by atomic mass is 32.2. The molecule has 0 aromatic rings. The van der Waals surface area contributed by atoms with Crippen LogP contribution in [0.15, 0.2) is 0 Å². The fourth-order valence-electron chi connectivity index (χ4n) is 1.49. The molecule has 1 saturated heterocycles. The number of rotatable bonds is 3. The quantitative estimate of drug-likeness (QED) is 0.633. The van der Waals surface area contributed by atoms with Gasteiger partial charge in [0, 0.05) is 25.6 Å². The van der Waals surface area contributed by atoms with Crippen LogP contribution in [0.4, 0.5) is 0 Å². The Morgan fingerprint density at radius 2 is 2.29 bits per heavy atom. The van der Waals surface area contributed by atoms with Crippen LogP contribution in [0.2, 0.25) is 0 Å². The Morgan fingerprint density at radius 1 is 1.57 bits per heavy atom. The Balaban J connectivity index is 2.42. The lowest BCUT2D eigenvalue weighted by Crippen LogP contribution is -2.47. The second-order valence-corrected chi connectivity index (χ2v) is 5.65. The van der Waals surface area contributed by atoms with Crippen LogP contribution in [0.1, 0.15) is 13.3 Å². The molecule has 0 saturated carbocycles.